The van der Waals surface area contributed by atoms with E-state index in [0.29, 0.717) is 13.2 Å². The monoisotopic (exact) mass is 251 g/mol. The van der Waals surface area contributed by atoms with Crippen LogP contribution >= 0.6 is 0 Å². The zero-order valence-electron chi connectivity index (χ0n) is 10.7. The van der Waals surface area contributed by atoms with Crippen molar-refractivity contribution in [3.05, 3.63) is 42.2 Å². The van der Waals surface area contributed by atoms with E-state index in [1.54, 1.807) is 25.1 Å². The lowest BCUT2D eigenvalue weighted by molar-refractivity contribution is -0.137. The molecule has 1 aromatic carbocycles. The molecule has 4 heteroatoms. The Bertz CT molecular complexity index is 401. The van der Waals surface area contributed by atoms with Crippen LogP contribution in [-0.4, -0.2) is 25.7 Å². The smallest absolute Gasteiger partial charge is 0.330 e. The molecule has 18 heavy (non-hydrogen) atoms. The van der Waals surface area contributed by atoms with Crippen LogP contribution in [0.5, 0.6) is 0 Å². The minimum Gasteiger partial charge on any atom is -0.463 e. The lowest BCUT2D eigenvalue weighted by Gasteiger charge is -2.21. The zero-order chi connectivity index (χ0) is 13.4. The Balaban J connectivity index is 2.57. The van der Waals surface area contributed by atoms with Gasteiger partial charge in [-0.3, -0.25) is 0 Å². The molecular weight excluding hydrogens is 233 g/mol. The second kappa shape index (κ2) is 7.48. The van der Waals surface area contributed by atoms with Crippen molar-refractivity contribution in [2.75, 3.05) is 24.6 Å². The molecule has 0 spiro atoms. The predicted molar refractivity (Wildman–Crippen MR) is 70.1 cm³/mol. The number of likely N-dealkylation sites (N-methyl/N-ethyl adjacent to an activating group) is 1. The van der Waals surface area contributed by atoms with Gasteiger partial charge in [0.25, 0.3) is 0 Å². The van der Waals surface area contributed by atoms with Gasteiger partial charge < -0.3 is 9.64 Å². The SMILES string of the molecule is CCOC(=O)/C=C/CN(CC)c1ccc(F)cc1. The van der Waals surface area contributed by atoms with E-state index in [-0.39, 0.29) is 11.8 Å². The summed E-state index contributed by atoms with van der Waals surface area (Å²) in [5.74, 6) is -0.593. The minimum absolute atomic E-state index is 0.253. The molecule has 0 aromatic heterocycles. The lowest BCUT2D eigenvalue weighted by atomic mass is 10.2. The van der Waals surface area contributed by atoms with Crippen molar-refractivity contribution in [1.29, 1.82) is 0 Å². The number of nitrogens with zero attached hydrogens (tertiary/aromatic N) is 1. The third-order valence-corrected chi connectivity index (χ3v) is 2.44. The molecule has 0 unspecified atom stereocenters. The van der Waals surface area contributed by atoms with Crippen LogP contribution in [0.4, 0.5) is 10.1 Å². The Kier molecular flexibility index (Phi) is 5.91. The molecule has 0 saturated heterocycles. The van der Waals surface area contributed by atoms with Gasteiger partial charge >= 0.3 is 5.97 Å². The second-order valence-corrected chi connectivity index (χ2v) is 3.67. The summed E-state index contributed by atoms with van der Waals surface area (Å²) in [5, 5.41) is 0. The Morgan fingerprint density at radius 3 is 2.56 bits per heavy atom. The highest BCUT2D eigenvalue weighted by Gasteiger charge is 2.02. The summed E-state index contributed by atoms with van der Waals surface area (Å²) >= 11 is 0. The number of esters is 1. The molecule has 0 amide bonds. The topological polar surface area (TPSA) is 29.5 Å². The predicted octanol–water partition coefficient (Wildman–Crippen LogP) is 2.77. The van der Waals surface area contributed by atoms with Crippen LogP contribution in [0.2, 0.25) is 0 Å². The number of ether oxygens (including phenoxy) is 1. The molecule has 0 N–H and O–H groups in total. The Morgan fingerprint density at radius 1 is 1.33 bits per heavy atom. The summed E-state index contributed by atoms with van der Waals surface area (Å²) in [4.78, 5) is 13.1. The van der Waals surface area contributed by atoms with E-state index in [9.17, 15) is 9.18 Å². The second-order valence-electron chi connectivity index (χ2n) is 3.67. The van der Waals surface area contributed by atoms with Crippen molar-refractivity contribution >= 4 is 11.7 Å². The first-order valence-corrected chi connectivity index (χ1v) is 6.01. The summed E-state index contributed by atoms with van der Waals surface area (Å²) in [7, 11) is 0. The molecule has 1 rings (SSSR count). The largest absolute Gasteiger partial charge is 0.463 e. The fourth-order valence-corrected chi connectivity index (χ4v) is 1.54. The van der Waals surface area contributed by atoms with E-state index in [2.05, 4.69) is 0 Å². The highest BCUT2D eigenvalue weighted by molar-refractivity contribution is 5.81. The normalized spacial score (nSPS) is 10.6. The van der Waals surface area contributed by atoms with Crippen molar-refractivity contribution in [3.63, 3.8) is 0 Å². The Morgan fingerprint density at radius 2 is 2.00 bits per heavy atom. The quantitative estimate of drug-likeness (QED) is 0.575. The molecule has 98 valence electrons. The average molecular weight is 251 g/mol. The molecule has 3 nitrogen and oxygen atoms in total. The zero-order valence-corrected chi connectivity index (χ0v) is 10.7. The van der Waals surface area contributed by atoms with Crippen LogP contribution in [0.1, 0.15) is 13.8 Å². The van der Waals surface area contributed by atoms with E-state index in [1.165, 1.54) is 18.2 Å². The maximum absolute atomic E-state index is 12.8. The highest BCUT2D eigenvalue weighted by atomic mass is 19.1. The highest BCUT2D eigenvalue weighted by Crippen LogP contribution is 2.14. The van der Waals surface area contributed by atoms with Gasteiger partial charge in [0, 0.05) is 24.9 Å². The molecule has 0 aliphatic carbocycles. The molecule has 0 heterocycles. The van der Waals surface area contributed by atoms with Gasteiger partial charge in [-0.1, -0.05) is 6.08 Å². The van der Waals surface area contributed by atoms with E-state index >= 15 is 0 Å². The van der Waals surface area contributed by atoms with E-state index in [0.717, 1.165) is 12.2 Å². The van der Waals surface area contributed by atoms with Gasteiger partial charge in [0.2, 0.25) is 0 Å². The number of hydrogen-bond acceptors (Lipinski definition) is 3. The molecule has 1 aromatic rings. The van der Waals surface area contributed by atoms with Crippen LogP contribution in [0.3, 0.4) is 0 Å². The first kappa shape index (κ1) is 14.2. The molecule has 0 fully saturated rings. The van der Waals surface area contributed by atoms with Crippen molar-refractivity contribution in [1.82, 2.24) is 0 Å². The van der Waals surface area contributed by atoms with Gasteiger partial charge in [-0.15, -0.1) is 0 Å². The summed E-state index contributed by atoms with van der Waals surface area (Å²) in [6.07, 6.45) is 3.15. The summed E-state index contributed by atoms with van der Waals surface area (Å²) in [6.45, 7) is 5.50. The number of carbonyl (C=O) groups excluding carboxylic acids is 1. The Hall–Kier alpha value is -1.84. The third-order valence-electron chi connectivity index (χ3n) is 2.44. The maximum Gasteiger partial charge on any atom is 0.330 e. The number of anilines is 1. The van der Waals surface area contributed by atoms with Crippen molar-refractivity contribution in [3.8, 4) is 0 Å². The lowest BCUT2D eigenvalue weighted by Crippen LogP contribution is -2.22. The molecule has 0 aliphatic heterocycles. The molecule has 0 radical (unpaired) electrons. The van der Waals surface area contributed by atoms with Gasteiger partial charge in [-0.05, 0) is 38.1 Å². The standard InChI is InChI=1S/C14H18FNO2/c1-3-16(11-5-6-14(17)18-4-2)13-9-7-12(15)8-10-13/h5-10H,3-4,11H2,1-2H3/b6-5+. The van der Waals surface area contributed by atoms with E-state index < -0.39 is 0 Å². The average Bonchev–Trinajstić information content (AvgIpc) is 2.36. The summed E-state index contributed by atoms with van der Waals surface area (Å²) in [5.41, 5.74) is 0.924. The molecular formula is C14H18FNO2. The Labute approximate surface area is 107 Å². The first-order valence-electron chi connectivity index (χ1n) is 6.01. The number of carbonyl (C=O) groups is 1. The van der Waals surface area contributed by atoms with E-state index in [1.807, 2.05) is 11.8 Å². The number of rotatable bonds is 6. The number of benzene rings is 1. The molecule has 0 aliphatic rings. The summed E-state index contributed by atoms with van der Waals surface area (Å²) < 4.78 is 17.6. The van der Waals surface area contributed by atoms with Gasteiger partial charge in [-0.2, -0.15) is 0 Å². The van der Waals surface area contributed by atoms with Crippen molar-refractivity contribution in [2.45, 2.75) is 13.8 Å². The third kappa shape index (κ3) is 4.57. The number of halogens is 1. The van der Waals surface area contributed by atoms with Crippen LogP contribution in [0, 0.1) is 5.82 Å². The van der Waals surface area contributed by atoms with Gasteiger partial charge in [0.15, 0.2) is 0 Å². The number of hydrogen-bond donors (Lipinski definition) is 0. The minimum atomic E-state index is -0.340. The molecule has 0 saturated carbocycles. The van der Waals surface area contributed by atoms with Crippen LogP contribution in [0.25, 0.3) is 0 Å². The maximum atomic E-state index is 12.8. The van der Waals surface area contributed by atoms with Crippen molar-refractivity contribution in [2.24, 2.45) is 0 Å². The molecule has 0 bridgehead atoms. The van der Waals surface area contributed by atoms with Gasteiger partial charge in [-0.25, -0.2) is 9.18 Å². The van der Waals surface area contributed by atoms with E-state index in [4.69, 9.17) is 4.74 Å². The van der Waals surface area contributed by atoms with Crippen LogP contribution in [0.15, 0.2) is 36.4 Å². The first-order chi connectivity index (χ1) is 8.67. The summed E-state index contributed by atoms with van der Waals surface area (Å²) in [6, 6.07) is 6.29. The van der Waals surface area contributed by atoms with Crippen molar-refractivity contribution < 1.29 is 13.9 Å². The van der Waals surface area contributed by atoms with Gasteiger partial charge in [0.05, 0.1) is 6.61 Å². The fraction of sp³-hybridized carbons (Fsp3) is 0.357. The molecule has 0 atom stereocenters. The van der Waals surface area contributed by atoms with Gasteiger partial charge in [0.1, 0.15) is 5.82 Å². The fourth-order valence-electron chi connectivity index (χ4n) is 1.54. The van der Waals surface area contributed by atoms with Crippen LogP contribution in [-0.2, 0) is 9.53 Å². The van der Waals surface area contributed by atoms with Crippen LogP contribution < -0.4 is 4.90 Å².